The van der Waals surface area contributed by atoms with Gasteiger partial charge in [-0.15, -0.1) is 0 Å². The third-order valence-corrected chi connectivity index (χ3v) is 5.20. The highest BCUT2D eigenvalue weighted by Gasteiger charge is 2.29. The highest BCUT2D eigenvalue weighted by atomic mass is 32.2. The zero-order valence-corrected chi connectivity index (χ0v) is 14.5. The molecule has 0 radical (unpaired) electrons. The van der Waals surface area contributed by atoms with Gasteiger partial charge in [0, 0.05) is 24.3 Å². The van der Waals surface area contributed by atoms with E-state index in [9.17, 15) is 0 Å². The van der Waals surface area contributed by atoms with Gasteiger partial charge in [0.1, 0.15) is 5.76 Å². The van der Waals surface area contributed by atoms with E-state index in [0.717, 1.165) is 43.3 Å². The average Bonchev–Trinajstić information content (AvgIpc) is 3.13. The average molecular weight is 321 g/mol. The molecule has 0 amide bonds. The fourth-order valence-electron chi connectivity index (χ4n) is 2.38. The summed E-state index contributed by atoms with van der Waals surface area (Å²) >= 11 is 2.04. The minimum absolute atomic E-state index is 0.291. The molecule has 22 heavy (non-hydrogen) atoms. The number of aliphatic imine (C=N–C) groups is 1. The van der Waals surface area contributed by atoms with E-state index >= 15 is 0 Å². The summed E-state index contributed by atoms with van der Waals surface area (Å²) < 4.78 is 5.64. The van der Waals surface area contributed by atoms with E-state index in [1.54, 1.807) is 6.26 Å². The van der Waals surface area contributed by atoms with Gasteiger partial charge in [-0.2, -0.15) is 11.8 Å². The van der Waals surface area contributed by atoms with Crippen LogP contribution in [0.2, 0.25) is 0 Å². The smallest absolute Gasteiger partial charge is 0.191 e. The first kappa shape index (κ1) is 17.0. The molecule has 5 heteroatoms. The lowest BCUT2D eigenvalue weighted by Crippen LogP contribution is -2.40. The second-order valence-corrected chi connectivity index (χ2v) is 7.82. The molecule has 1 atom stereocenters. The van der Waals surface area contributed by atoms with Gasteiger partial charge in [0.25, 0.3) is 0 Å². The summed E-state index contributed by atoms with van der Waals surface area (Å²) in [6.07, 6.45) is 5.12. The fourth-order valence-corrected chi connectivity index (χ4v) is 3.60. The van der Waals surface area contributed by atoms with Crippen molar-refractivity contribution in [3.05, 3.63) is 36.3 Å². The van der Waals surface area contributed by atoms with Gasteiger partial charge in [0.2, 0.25) is 0 Å². The molecular formula is C17H27N3OS. The quantitative estimate of drug-likeness (QED) is 0.460. The van der Waals surface area contributed by atoms with Gasteiger partial charge in [-0.1, -0.05) is 12.2 Å². The lowest BCUT2D eigenvalue weighted by molar-refractivity contribution is 0.506. The minimum atomic E-state index is 0.291. The monoisotopic (exact) mass is 321 g/mol. The zero-order chi connectivity index (χ0) is 15.8. The van der Waals surface area contributed by atoms with Crippen molar-refractivity contribution in [3.63, 3.8) is 0 Å². The van der Waals surface area contributed by atoms with Crippen molar-refractivity contribution in [2.24, 2.45) is 4.99 Å². The molecular weight excluding hydrogens is 294 g/mol. The third kappa shape index (κ3) is 5.79. The van der Waals surface area contributed by atoms with Crippen molar-refractivity contribution < 1.29 is 4.42 Å². The first-order chi connectivity index (χ1) is 10.6. The Bertz CT molecular complexity index is 490. The molecule has 4 nitrogen and oxygen atoms in total. The number of hydrogen-bond donors (Lipinski definition) is 2. The standard InChI is InChI=1S/C17H27N3OS/c1-14(2)12-19-16(18-9-7-15-6-4-10-21-15)20-13-17(3)8-5-11-22-17/h4,6,10H,1,5,7-9,11-13H2,2-3H3,(H2,18,19,20). The molecule has 1 aliphatic heterocycles. The molecule has 0 saturated carbocycles. The molecule has 2 heterocycles. The van der Waals surface area contributed by atoms with Crippen LogP contribution >= 0.6 is 11.8 Å². The second kappa shape index (κ2) is 8.32. The van der Waals surface area contributed by atoms with E-state index in [1.165, 1.54) is 18.6 Å². The molecule has 122 valence electrons. The molecule has 1 saturated heterocycles. The maximum absolute atomic E-state index is 5.35. The predicted octanol–water partition coefficient (Wildman–Crippen LogP) is 3.22. The molecule has 1 fully saturated rings. The summed E-state index contributed by atoms with van der Waals surface area (Å²) in [6, 6.07) is 3.91. The van der Waals surface area contributed by atoms with E-state index in [0.29, 0.717) is 4.75 Å². The first-order valence-electron chi connectivity index (χ1n) is 7.90. The van der Waals surface area contributed by atoms with Gasteiger partial charge in [-0.25, -0.2) is 0 Å². The Hall–Kier alpha value is -1.36. The number of nitrogens with zero attached hydrogens (tertiary/aromatic N) is 1. The molecule has 2 N–H and O–H groups in total. The maximum Gasteiger partial charge on any atom is 0.191 e. The van der Waals surface area contributed by atoms with Gasteiger partial charge >= 0.3 is 0 Å². The number of nitrogens with one attached hydrogen (secondary N) is 2. The highest BCUT2D eigenvalue weighted by molar-refractivity contribution is 8.00. The van der Waals surface area contributed by atoms with Crippen LogP contribution in [-0.4, -0.2) is 36.1 Å². The van der Waals surface area contributed by atoms with Gasteiger partial charge in [0.05, 0.1) is 12.8 Å². The summed E-state index contributed by atoms with van der Waals surface area (Å²) in [7, 11) is 0. The Morgan fingerprint density at radius 3 is 3.00 bits per heavy atom. The lowest BCUT2D eigenvalue weighted by Gasteiger charge is -2.21. The highest BCUT2D eigenvalue weighted by Crippen LogP contribution is 2.37. The van der Waals surface area contributed by atoms with Crippen molar-refractivity contribution in [2.45, 2.75) is 37.9 Å². The van der Waals surface area contributed by atoms with E-state index in [1.807, 2.05) is 30.8 Å². The van der Waals surface area contributed by atoms with Gasteiger partial charge < -0.3 is 15.1 Å². The molecule has 1 aromatic heterocycles. The fraction of sp³-hybridized carbons (Fsp3) is 0.588. The van der Waals surface area contributed by atoms with Crippen molar-refractivity contribution in [1.29, 1.82) is 0 Å². The molecule has 0 spiro atoms. The Morgan fingerprint density at radius 1 is 1.50 bits per heavy atom. The van der Waals surface area contributed by atoms with Crippen molar-refractivity contribution in [1.82, 2.24) is 10.6 Å². The SMILES string of the molecule is C=C(C)CNC(=NCC1(C)CCCS1)NCCc1ccco1. The van der Waals surface area contributed by atoms with E-state index in [-0.39, 0.29) is 0 Å². The molecule has 0 aliphatic carbocycles. The molecule has 0 bridgehead atoms. The van der Waals surface area contributed by atoms with Gasteiger partial charge in [-0.05, 0) is 44.6 Å². The Morgan fingerprint density at radius 2 is 2.36 bits per heavy atom. The van der Waals surface area contributed by atoms with Crippen LogP contribution in [0.25, 0.3) is 0 Å². The number of furan rings is 1. The lowest BCUT2D eigenvalue weighted by atomic mass is 10.1. The van der Waals surface area contributed by atoms with Crippen LogP contribution in [0.3, 0.4) is 0 Å². The normalized spacial score (nSPS) is 21.8. The van der Waals surface area contributed by atoms with Crippen LogP contribution in [0.4, 0.5) is 0 Å². The summed E-state index contributed by atoms with van der Waals surface area (Å²) in [6.45, 7) is 10.7. The number of guanidine groups is 1. The molecule has 1 aromatic rings. The molecule has 0 aromatic carbocycles. The van der Waals surface area contributed by atoms with E-state index < -0.39 is 0 Å². The van der Waals surface area contributed by atoms with Crippen LogP contribution in [0, 0.1) is 0 Å². The summed E-state index contributed by atoms with van der Waals surface area (Å²) in [5, 5.41) is 6.72. The molecule has 1 aliphatic rings. The summed E-state index contributed by atoms with van der Waals surface area (Å²) in [5.74, 6) is 3.11. The number of hydrogen-bond acceptors (Lipinski definition) is 3. The first-order valence-corrected chi connectivity index (χ1v) is 8.89. The zero-order valence-electron chi connectivity index (χ0n) is 13.7. The van der Waals surface area contributed by atoms with Gasteiger partial charge in [0.15, 0.2) is 5.96 Å². The Labute approximate surface area is 137 Å². The second-order valence-electron chi connectivity index (χ2n) is 6.13. The van der Waals surface area contributed by atoms with Crippen LogP contribution in [0.15, 0.2) is 40.0 Å². The Balaban J connectivity index is 1.85. The van der Waals surface area contributed by atoms with Crippen LogP contribution in [-0.2, 0) is 6.42 Å². The van der Waals surface area contributed by atoms with E-state index in [2.05, 4.69) is 24.1 Å². The van der Waals surface area contributed by atoms with Crippen LogP contribution in [0.1, 0.15) is 32.4 Å². The van der Waals surface area contributed by atoms with Crippen molar-refractivity contribution in [3.8, 4) is 0 Å². The largest absolute Gasteiger partial charge is 0.469 e. The summed E-state index contributed by atoms with van der Waals surface area (Å²) in [5.41, 5.74) is 1.10. The van der Waals surface area contributed by atoms with Gasteiger partial charge in [-0.3, -0.25) is 4.99 Å². The minimum Gasteiger partial charge on any atom is -0.469 e. The van der Waals surface area contributed by atoms with Crippen LogP contribution < -0.4 is 10.6 Å². The topological polar surface area (TPSA) is 49.6 Å². The summed E-state index contributed by atoms with van der Waals surface area (Å²) in [4.78, 5) is 4.77. The number of thioether (sulfide) groups is 1. The Kier molecular flexibility index (Phi) is 6.43. The van der Waals surface area contributed by atoms with Crippen LogP contribution in [0.5, 0.6) is 0 Å². The predicted molar refractivity (Wildman–Crippen MR) is 95.6 cm³/mol. The third-order valence-electron chi connectivity index (χ3n) is 3.67. The maximum atomic E-state index is 5.35. The van der Waals surface area contributed by atoms with Crippen molar-refractivity contribution >= 4 is 17.7 Å². The van der Waals surface area contributed by atoms with Crippen molar-refractivity contribution in [2.75, 3.05) is 25.4 Å². The molecule has 2 rings (SSSR count). The molecule has 1 unspecified atom stereocenters. The van der Waals surface area contributed by atoms with E-state index in [4.69, 9.17) is 9.41 Å². The number of rotatable bonds is 7.